The number of halogens is 1. The first-order valence-corrected chi connectivity index (χ1v) is 7.86. The molecule has 0 bridgehead atoms. The van der Waals surface area contributed by atoms with Crippen LogP contribution in [0.2, 0.25) is 0 Å². The quantitative estimate of drug-likeness (QED) is 0.614. The molecule has 0 spiro atoms. The summed E-state index contributed by atoms with van der Waals surface area (Å²) in [7, 11) is 0. The summed E-state index contributed by atoms with van der Waals surface area (Å²) in [4.78, 5) is 12.5. The number of hydrogen-bond acceptors (Lipinski definition) is 2. The molecule has 1 aliphatic heterocycles. The fourth-order valence-corrected chi connectivity index (χ4v) is 3.03. The predicted octanol–water partition coefficient (Wildman–Crippen LogP) is 0.0466. The van der Waals surface area contributed by atoms with Crippen molar-refractivity contribution >= 4 is 5.91 Å². The van der Waals surface area contributed by atoms with Crippen LogP contribution in [-0.4, -0.2) is 35.3 Å². The van der Waals surface area contributed by atoms with Gasteiger partial charge in [0.25, 0.3) is 0 Å². The lowest BCUT2D eigenvalue weighted by Crippen LogP contribution is -3.00. The molecule has 3 nitrogen and oxygen atoms in total. The van der Waals surface area contributed by atoms with Crippen molar-refractivity contribution in [3.63, 3.8) is 0 Å². The smallest absolute Gasteiger partial charge is 0.319 e. The van der Waals surface area contributed by atoms with Gasteiger partial charge in [-0.05, 0) is 38.2 Å². The molecule has 1 aromatic carbocycles. The van der Waals surface area contributed by atoms with Crippen LogP contribution < -0.4 is 12.4 Å². The molecular weight excluding hydrogens is 298 g/mol. The number of rotatable bonds is 5. The van der Waals surface area contributed by atoms with Crippen molar-refractivity contribution in [1.82, 2.24) is 0 Å². The number of aliphatic hydroxyl groups excluding tert-OH is 1. The molecular formula is C18H26ClNO2. The minimum Gasteiger partial charge on any atom is -1.00 e. The normalized spacial score (nSPS) is 17.6. The Labute approximate surface area is 139 Å². The summed E-state index contributed by atoms with van der Waals surface area (Å²) in [5.41, 5.74) is 2.48. The van der Waals surface area contributed by atoms with Gasteiger partial charge in [-0.1, -0.05) is 42.0 Å². The van der Waals surface area contributed by atoms with Gasteiger partial charge in [0.05, 0.1) is 19.5 Å². The number of carbonyl (C=O) groups excluding carboxylic acids is 1. The van der Waals surface area contributed by atoms with Gasteiger partial charge in [-0.3, -0.25) is 0 Å². The highest BCUT2D eigenvalue weighted by Crippen LogP contribution is 2.20. The number of piperidine rings is 1. The number of nitrogens with zero attached hydrogens (tertiary/aromatic N) is 1. The zero-order chi connectivity index (χ0) is 15.1. The number of benzene rings is 1. The molecule has 0 saturated carbocycles. The highest BCUT2D eigenvalue weighted by atomic mass is 35.5. The van der Waals surface area contributed by atoms with E-state index in [1.165, 1.54) is 17.6 Å². The first-order chi connectivity index (χ1) is 10.2. The molecule has 22 heavy (non-hydrogen) atoms. The molecule has 1 saturated heterocycles. The molecule has 0 atom stereocenters. The van der Waals surface area contributed by atoms with E-state index in [2.05, 4.69) is 19.1 Å². The molecule has 4 heteroatoms. The third-order valence-electron chi connectivity index (χ3n) is 4.42. The number of amides is 1. The Balaban J connectivity index is 0.00000242. The maximum absolute atomic E-state index is 12.5. The Morgan fingerprint density at radius 1 is 1.18 bits per heavy atom. The van der Waals surface area contributed by atoms with Crippen molar-refractivity contribution in [3.8, 4) is 0 Å². The third kappa shape index (κ3) is 4.94. The number of quaternary nitrogens is 1. The van der Waals surface area contributed by atoms with E-state index in [1.807, 2.05) is 24.3 Å². The maximum Gasteiger partial charge on any atom is 0.319 e. The Hall–Kier alpha value is -1.16. The van der Waals surface area contributed by atoms with Crippen LogP contribution in [-0.2, 0) is 11.2 Å². The van der Waals surface area contributed by atoms with Crippen molar-refractivity contribution in [3.05, 3.63) is 47.5 Å². The van der Waals surface area contributed by atoms with Crippen molar-refractivity contribution in [2.24, 2.45) is 0 Å². The van der Waals surface area contributed by atoms with E-state index >= 15 is 0 Å². The molecule has 1 heterocycles. The molecule has 1 aliphatic rings. The van der Waals surface area contributed by atoms with Gasteiger partial charge in [0.15, 0.2) is 6.73 Å². The molecule has 1 aromatic rings. The van der Waals surface area contributed by atoms with Crippen LogP contribution in [0.15, 0.2) is 42.0 Å². The Kier molecular flexibility index (Phi) is 7.80. The monoisotopic (exact) mass is 323 g/mol. The molecule has 1 amide bonds. The van der Waals surface area contributed by atoms with Crippen molar-refractivity contribution in [2.75, 3.05) is 19.8 Å². The third-order valence-corrected chi connectivity index (χ3v) is 4.42. The van der Waals surface area contributed by atoms with Crippen molar-refractivity contribution in [2.45, 2.75) is 39.0 Å². The minimum absolute atomic E-state index is 0. The van der Waals surface area contributed by atoms with Crippen LogP contribution in [0.1, 0.15) is 38.2 Å². The van der Waals surface area contributed by atoms with Crippen LogP contribution in [0, 0.1) is 0 Å². The number of aliphatic hydroxyl groups is 1. The van der Waals surface area contributed by atoms with Gasteiger partial charge < -0.3 is 17.5 Å². The van der Waals surface area contributed by atoms with Crippen LogP contribution in [0.3, 0.4) is 0 Å². The zero-order valence-corrected chi connectivity index (χ0v) is 14.1. The lowest BCUT2D eigenvalue weighted by molar-refractivity contribution is -0.878. The largest absolute Gasteiger partial charge is 1.00 e. The van der Waals surface area contributed by atoms with Crippen molar-refractivity contribution < 1.29 is 26.8 Å². The summed E-state index contributed by atoms with van der Waals surface area (Å²) in [5.74, 6) is 0.157. The molecule has 0 aliphatic carbocycles. The summed E-state index contributed by atoms with van der Waals surface area (Å²) in [5, 5.41) is 9.64. The van der Waals surface area contributed by atoms with E-state index in [-0.39, 0.29) is 29.5 Å². The van der Waals surface area contributed by atoms with E-state index in [1.54, 1.807) is 0 Å². The Bertz CT molecular complexity index is 493. The van der Waals surface area contributed by atoms with Crippen LogP contribution >= 0.6 is 0 Å². The molecule has 0 radical (unpaired) electrons. The minimum atomic E-state index is -0.0512. The average molecular weight is 324 g/mol. The standard InChI is InChI=1S/C18H26NO2.ClH/c1-16(14-17-8-4-2-5-9-17)10-11-18(21)19(15-20)12-6-3-7-13-19;/h2,4-5,8-10,20H,3,6-7,11-15H2,1H3;1H/q+1;/p-1. The summed E-state index contributed by atoms with van der Waals surface area (Å²) >= 11 is 0. The first kappa shape index (κ1) is 18.9. The highest BCUT2D eigenvalue weighted by Gasteiger charge is 2.36. The van der Waals surface area contributed by atoms with Gasteiger partial charge >= 0.3 is 5.91 Å². The first-order valence-electron chi connectivity index (χ1n) is 7.86. The predicted molar refractivity (Wildman–Crippen MR) is 84.5 cm³/mol. The summed E-state index contributed by atoms with van der Waals surface area (Å²) in [6.07, 6.45) is 6.60. The molecule has 2 rings (SSSR count). The average Bonchev–Trinajstić information content (AvgIpc) is 2.54. The zero-order valence-electron chi connectivity index (χ0n) is 13.3. The fourth-order valence-electron chi connectivity index (χ4n) is 3.03. The van der Waals surface area contributed by atoms with E-state index in [0.717, 1.165) is 32.4 Å². The second-order valence-corrected chi connectivity index (χ2v) is 6.11. The topological polar surface area (TPSA) is 37.3 Å². The highest BCUT2D eigenvalue weighted by molar-refractivity contribution is 5.71. The maximum atomic E-state index is 12.5. The molecule has 122 valence electrons. The van der Waals surface area contributed by atoms with Gasteiger partial charge in [0.2, 0.25) is 0 Å². The lowest BCUT2D eigenvalue weighted by atomic mass is 10.0. The lowest BCUT2D eigenvalue weighted by Gasteiger charge is -2.36. The van der Waals surface area contributed by atoms with Gasteiger partial charge in [0, 0.05) is 0 Å². The second-order valence-electron chi connectivity index (χ2n) is 6.11. The van der Waals surface area contributed by atoms with E-state index in [0.29, 0.717) is 6.42 Å². The molecule has 1 N–H and O–H groups in total. The second kappa shape index (κ2) is 9.09. The van der Waals surface area contributed by atoms with Gasteiger partial charge in [-0.25, -0.2) is 9.28 Å². The Morgan fingerprint density at radius 3 is 2.41 bits per heavy atom. The summed E-state index contributed by atoms with van der Waals surface area (Å²) < 4.78 is 0.259. The summed E-state index contributed by atoms with van der Waals surface area (Å²) in [6, 6.07) is 10.3. The van der Waals surface area contributed by atoms with Crippen LogP contribution in [0.5, 0.6) is 0 Å². The number of carbonyl (C=O) groups is 1. The van der Waals surface area contributed by atoms with E-state index < -0.39 is 0 Å². The van der Waals surface area contributed by atoms with Gasteiger partial charge in [-0.15, -0.1) is 0 Å². The SMILES string of the molecule is CC(=CCC(=O)[N+]1(CO)CCCCC1)Cc1ccccc1.[Cl-]. The fraction of sp³-hybridized carbons (Fsp3) is 0.500. The van der Waals surface area contributed by atoms with Crippen molar-refractivity contribution in [1.29, 1.82) is 0 Å². The van der Waals surface area contributed by atoms with Crippen LogP contribution in [0.4, 0.5) is 0 Å². The number of likely N-dealkylation sites (tertiary alicyclic amines) is 1. The van der Waals surface area contributed by atoms with Gasteiger partial charge in [-0.2, -0.15) is 0 Å². The van der Waals surface area contributed by atoms with E-state index in [9.17, 15) is 9.90 Å². The number of hydrogen-bond donors (Lipinski definition) is 1. The van der Waals surface area contributed by atoms with Gasteiger partial charge in [0.1, 0.15) is 0 Å². The van der Waals surface area contributed by atoms with E-state index in [4.69, 9.17) is 0 Å². The number of allylic oxidation sites excluding steroid dienone is 1. The molecule has 0 unspecified atom stereocenters. The Morgan fingerprint density at radius 2 is 1.82 bits per heavy atom. The molecule has 0 aromatic heterocycles. The summed E-state index contributed by atoms with van der Waals surface area (Å²) in [6.45, 7) is 3.60. The molecule has 1 fully saturated rings. The van der Waals surface area contributed by atoms with Crippen LogP contribution in [0.25, 0.3) is 0 Å².